The van der Waals surface area contributed by atoms with E-state index >= 15 is 0 Å². The number of aliphatic hydroxyl groups is 1. The van der Waals surface area contributed by atoms with E-state index < -0.39 is 23.1 Å². The Morgan fingerprint density at radius 1 is 1.55 bits per heavy atom. The van der Waals surface area contributed by atoms with Crippen molar-refractivity contribution in [2.75, 3.05) is 13.7 Å². The summed E-state index contributed by atoms with van der Waals surface area (Å²) in [6.45, 7) is 3.68. The summed E-state index contributed by atoms with van der Waals surface area (Å²) < 4.78 is 12.7. The summed E-state index contributed by atoms with van der Waals surface area (Å²) in [6, 6.07) is 1.26. The van der Waals surface area contributed by atoms with Crippen molar-refractivity contribution < 1.29 is 14.6 Å². The van der Waals surface area contributed by atoms with Crippen LogP contribution in [-0.2, 0) is 9.47 Å². The van der Waals surface area contributed by atoms with Crippen LogP contribution in [0.25, 0.3) is 0 Å². The van der Waals surface area contributed by atoms with Crippen LogP contribution in [0.1, 0.15) is 26.5 Å². The second-order valence-corrected chi connectivity index (χ2v) is 5.09. The molecule has 112 valence electrons. The molecule has 2 rings (SSSR count). The van der Waals surface area contributed by atoms with E-state index in [1.807, 2.05) is 13.8 Å². The van der Waals surface area contributed by atoms with Crippen LogP contribution < -0.4 is 11.2 Å². The van der Waals surface area contributed by atoms with Gasteiger partial charge >= 0.3 is 5.69 Å². The Balaban J connectivity index is 2.46. The van der Waals surface area contributed by atoms with Crippen molar-refractivity contribution in [3.63, 3.8) is 0 Å². The first-order valence-electron chi connectivity index (χ1n) is 6.62. The van der Waals surface area contributed by atoms with Crippen LogP contribution in [0.4, 0.5) is 0 Å². The monoisotopic (exact) mass is 284 g/mol. The summed E-state index contributed by atoms with van der Waals surface area (Å²) in [5.41, 5.74) is -1.77. The van der Waals surface area contributed by atoms with Crippen molar-refractivity contribution >= 4 is 0 Å². The molecule has 1 aliphatic heterocycles. The van der Waals surface area contributed by atoms with Crippen molar-refractivity contribution in [1.29, 1.82) is 0 Å². The van der Waals surface area contributed by atoms with Gasteiger partial charge in [-0.2, -0.15) is 0 Å². The highest BCUT2D eigenvalue weighted by Crippen LogP contribution is 2.43. The van der Waals surface area contributed by atoms with E-state index in [0.717, 1.165) is 0 Å². The first kappa shape index (κ1) is 15.0. The van der Waals surface area contributed by atoms with Crippen molar-refractivity contribution in [2.45, 2.75) is 38.2 Å². The molecule has 4 atom stereocenters. The van der Waals surface area contributed by atoms with Gasteiger partial charge in [-0.3, -0.25) is 14.3 Å². The molecule has 0 aromatic carbocycles. The number of aromatic amines is 1. The molecule has 0 saturated carbocycles. The van der Waals surface area contributed by atoms with Gasteiger partial charge in [0.05, 0.1) is 12.2 Å². The first-order chi connectivity index (χ1) is 9.49. The highest BCUT2D eigenvalue weighted by molar-refractivity contribution is 4.99. The predicted octanol–water partition coefficient (Wildman–Crippen LogP) is -0.142. The van der Waals surface area contributed by atoms with Gasteiger partial charge in [-0.15, -0.1) is 0 Å². The van der Waals surface area contributed by atoms with E-state index in [0.29, 0.717) is 6.42 Å². The number of methoxy groups -OCH3 is 1. The third kappa shape index (κ3) is 2.21. The van der Waals surface area contributed by atoms with Gasteiger partial charge in [-0.1, -0.05) is 13.8 Å². The molecule has 1 fully saturated rings. The van der Waals surface area contributed by atoms with Crippen LogP contribution in [0, 0.1) is 5.92 Å². The maximum Gasteiger partial charge on any atom is 0.330 e. The molecule has 0 aliphatic carbocycles. The third-order valence-electron chi connectivity index (χ3n) is 4.22. The highest BCUT2D eigenvalue weighted by Gasteiger charge is 2.52. The average molecular weight is 284 g/mol. The number of hydrogen-bond acceptors (Lipinski definition) is 5. The largest absolute Gasteiger partial charge is 0.393 e. The van der Waals surface area contributed by atoms with Crippen molar-refractivity contribution in [3.05, 3.63) is 33.1 Å². The lowest BCUT2D eigenvalue weighted by Gasteiger charge is -2.29. The van der Waals surface area contributed by atoms with E-state index in [2.05, 4.69) is 4.98 Å². The Hall–Kier alpha value is -1.44. The number of H-pyrrole nitrogens is 1. The molecule has 1 aromatic rings. The average Bonchev–Trinajstić information content (AvgIpc) is 2.71. The number of ether oxygens (including phenoxy) is 2. The summed E-state index contributed by atoms with van der Waals surface area (Å²) in [7, 11) is 1.54. The molecule has 7 nitrogen and oxygen atoms in total. The van der Waals surface area contributed by atoms with E-state index in [4.69, 9.17) is 9.47 Å². The lowest BCUT2D eigenvalue weighted by molar-refractivity contribution is -0.120. The second kappa shape index (κ2) is 5.51. The second-order valence-electron chi connectivity index (χ2n) is 5.09. The fourth-order valence-corrected chi connectivity index (χ4v) is 2.82. The molecule has 0 radical (unpaired) electrons. The maximum atomic E-state index is 11.9. The molecule has 1 saturated heterocycles. The Kier molecular flexibility index (Phi) is 4.12. The fourth-order valence-electron chi connectivity index (χ4n) is 2.82. The Morgan fingerprint density at radius 3 is 2.75 bits per heavy atom. The number of nitrogens with one attached hydrogen (secondary N) is 1. The minimum absolute atomic E-state index is 0.0914. The SMILES string of the molecule is CC[C@]1(CO)O[C@@H](n2ccc(=O)[nH]c2=O)[C@H](OC)[C@@H]1C. The quantitative estimate of drug-likeness (QED) is 0.802. The van der Waals surface area contributed by atoms with Gasteiger partial charge in [0, 0.05) is 25.3 Å². The number of hydrogen-bond donors (Lipinski definition) is 2. The first-order valence-corrected chi connectivity index (χ1v) is 6.62. The predicted molar refractivity (Wildman–Crippen MR) is 71.5 cm³/mol. The van der Waals surface area contributed by atoms with Gasteiger partial charge in [-0.05, 0) is 6.42 Å². The third-order valence-corrected chi connectivity index (χ3v) is 4.22. The van der Waals surface area contributed by atoms with Gasteiger partial charge in [0.2, 0.25) is 0 Å². The Labute approximate surface area is 116 Å². The zero-order valence-corrected chi connectivity index (χ0v) is 11.8. The van der Waals surface area contributed by atoms with Crippen LogP contribution in [0.3, 0.4) is 0 Å². The maximum absolute atomic E-state index is 11.9. The van der Waals surface area contributed by atoms with E-state index in [-0.39, 0.29) is 18.6 Å². The van der Waals surface area contributed by atoms with Crippen molar-refractivity contribution in [1.82, 2.24) is 9.55 Å². The van der Waals surface area contributed by atoms with Crippen LogP contribution in [0.5, 0.6) is 0 Å². The van der Waals surface area contributed by atoms with Gasteiger partial charge in [0.1, 0.15) is 6.10 Å². The molecule has 1 aliphatic rings. The number of aromatic nitrogens is 2. The molecular weight excluding hydrogens is 264 g/mol. The molecule has 0 bridgehead atoms. The minimum atomic E-state index is -0.749. The molecule has 20 heavy (non-hydrogen) atoms. The summed E-state index contributed by atoms with van der Waals surface area (Å²) in [6.07, 6.45) is 0.921. The van der Waals surface area contributed by atoms with Gasteiger partial charge < -0.3 is 14.6 Å². The van der Waals surface area contributed by atoms with E-state index in [1.165, 1.54) is 23.9 Å². The van der Waals surface area contributed by atoms with E-state index in [1.54, 1.807) is 0 Å². The summed E-state index contributed by atoms with van der Waals surface area (Å²) >= 11 is 0. The molecule has 2 heterocycles. The molecular formula is C13H20N2O5. The van der Waals surface area contributed by atoms with Crippen LogP contribution >= 0.6 is 0 Å². The number of nitrogens with zero attached hydrogens (tertiary/aromatic N) is 1. The standard InChI is InChI=1S/C13H20N2O5/c1-4-13(7-16)8(2)10(19-3)11(20-13)15-6-5-9(17)14-12(15)18/h5-6,8,10-11,16H,4,7H2,1-3H3,(H,14,17,18)/t8-,10+,11+,13+/m0/s1. The topological polar surface area (TPSA) is 93.5 Å². The van der Waals surface area contributed by atoms with Crippen LogP contribution in [-0.4, -0.2) is 40.1 Å². The van der Waals surface area contributed by atoms with Gasteiger partial charge in [-0.25, -0.2) is 4.79 Å². The Bertz CT molecular complexity index is 575. The van der Waals surface area contributed by atoms with Gasteiger partial charge in [0.25, 0.3) is 5.56 Å². The molecule has 0 unspecified atom stereocenters. The smallest absolute Gasteiger partial charge is 0.330 e. The Morgan fingerprint density at radius 2 is 2.25 bits per heavy atom. The van der Waals surface area contributed by atoms with Gasteiger partial charge in [0.15, 0.2) is 6.23 Å². The zero-order valence-electron chi connectivity index (χ0n) is 11.8. The summed E-state index contributed by atoms with van der Waals surface area (Å²) in [4.78, 5) is 25.2. The molecule has 7 heteroatoms. The zero-order chi connectivity index (χ0) is 14.9. The lowest BCUT2D eigenvalue weighted by atomic mass is 9.85. The van der Waals surface area contributed by atoms with Crippen molar-refractivity contribution in [2.24, 2.45) is 5.92 Å². The molecule has 0 spiro atoms. The lowest BCUT2D eigenvalue weighted by Crippen LogP contribution is -2.40. The summed E-state index contributed by atoms with van der Waals surface area (Å²) in [5, 5.41) is 9.65. The summed E-state index contributed by atoms with van der Waals surface area (Å²) in [5.74, 6) is -0.0914. The molecule has 2 N–H and O–H groups in total. The molecule has 0 amide bonds. The minimum Gasteiger partial charge on any atom is -0.393 e. The van der Waals surface area contributed by atoms with Crippen LogP contribution in [0.2, 0.25) is 0 Å². The fraction of sp³-hybridized carbons (Fsp3) is 0.692. The van der Waals surface area contributed by atoms with Crippen molar-refractivity contribution in [3.8, 4) is 0 Å². The van der Waals surface area contributed by atoms with Crippen LogP contribution in [0.15, 0.2) is 21.9 Å². The number of aliphatic hydroxyl groups excluding tert-OH is 1. The van der Waals surface area contributed by atoms with E-state index in [9.17, 15) is 14.7 Å². The molecule has 1 aromatic heterocycles. The highest BCUT2D eigenvalue weighted by atomic mass is 16.6. The number of rotatable bonds is 4. The normalized spacial score (nSPS) is 33.5.